The molecule has 0 spiro atoms. The number of benzene rings is 1. The van der Waals surface area contributed by atoms with Gasteiger partial charge in [-0.15, -0.1) is 0 Å². The molecule has 0 amide bonds. The molecule has 0 saturated carbocycles. The van der Waals surface area contributed by atoms with E-state index in [-0.39, 0.29) is 5.69 Å². The minimum absolute atomic E-state index is 0.290. The normalized spacial score (nSPS) is 13.1. The molecule has 0 radical (unpaired) electrons. The highest BCUT2D eigenvalue weighted by atomic mass is 32.2. The number of hydrogen-bond donors (Lipinski definition) is 3. The molecule has 0 aliphatic heterocycles. The van der Waals surface area contributed by atoms with E-state index in [0.29, 0.717) is 11.3 Å². The van der Waals surface area contributed by atoms with Crippen LogP contribution in [-0.2, 0) is 14.8 Å². The zero-order valence-electron chi connectivity index (χ0n) is 9.47. The second-order valence-corrected chi connectivity index (χ2v) is 5.70. The van der Waals surface area contributed by atoms with Gasteiger partial charge in [0.1, 0.15) is 0 Å². The lowest BCUT2D eigenvalue weighted by Crippen LogP contribution is -2.32. The van der Waals surface area contributed by atoms with Crippen molar-refractivity contribution in [1.29, 1.82) is 0 Å². The van der Waals surface area contributed by atoms with Gasteiger partial charge in [0.05, 0.1) is 5.69 Å². The van der Waals surface area contributed by atoms with E-state index in [9.17, 15) is 13.2 Å². The average molecular weight is 258 g/mol. The summed E-state index contributed by atoms with van der Waals surface area (Å²) < 4.78 is 25.6. The minimum Gasteiger partial charge on any atom is -0.480 e. The molecule has 17 heavy (non-hydrogen) atoms. The van der Waals surface area contributed by atoms with Gasteiger partial charge < -0.3 is 10.8 Å². The number of carboxylic acid groups (broad SMARTS) is 1. The Morgan fingerprint density at radius 3 is 2.59 bits per heavy atom. The van der Waals surface area contributed by atoms with E-state index in [1.165, 1.54) is 6.07 Å². The second kappa shape index (κ2) is 4.62. The molecule has 0 aliphatic carbocycles. The highest BCUT2D eigenvalue weighted by Gasteiger charge is 2.27. The molecule has 0 aliphatic rings. The first kappa shape index (κ1) is 13.3. The highest BCUT2D eigenvalue weighted by molar-refractivity contribution is 7.94. The predicted molar refractivity (Wildman–Crippen MR) is 65.2 cm³/mol. The Balaban J connectivity index is 3.06. The Morgan fingerprint density at radius 1 is 1.47 bits per heavy atom. The molecular weight excluding hydrogens is 244 g/mol. The molecule has 1 rings (SSSR count). The van der Waals surface area contributed by atoms with Crippen LogP contribution in [0.4, 0.5) is 11.4 Å². The van der Waals surface area contributed by atoms with E-state index in [1.54, 1.807) is 19.1 Å². The molecule has 7 heteroatoms. The largest absolute Gasteiger partial charge is 0.480 e. The topological polar surface area (TPSA) is 109 Å². The van der Waals surface area contributed by atoms with Gasteiger partial charge in [0.2, 0.25) is 10.0 Å². The van der Waals surface area contributed by atoms with E-state index in [0.717, 1.165) is 6.92 Å². The first-order valence-corrected chi connectivity index (χ1v) is 6.39. The zero-order valence-corrected chi connectivity index (χ0v) is 10.3. The predicted octanol–water partition coefficient (Wildman–Crippen LogP) is 0.792. The molecule has 0 saturated heterocycles. The fourth-order valence-corrected chi connectivity index (χ4v) is 2.09. The maximum atomic E-state index is 11.7. The van der Waals surface area contributed by atoms with Crippen LogP contribution in [-0.4, -0.2) is 24.7 Å². The van der Waals surface area contributed by atoms with Gasteiger partial charge in [0, 0.05) is 5.69 Å². The molecule has 0 heterocycles. The number of anilines is 2. The molecule has 94 valence electrons. The van der Waals surface area contributed by atoms with Crippen molar-refractivity contribution in [3.05, 3.63) is 23.8 Å². The van der Waals surface area contributed by atoms with Crippen LogP contribution < -0.4 is 10.5 Å². The summed E-state index contributed by atoms with van der Waals surface area (Å²) in [6.07, 6.45) is 0. The molecule has 1 aromatic rings. The second-order valence-electron chi connectivity index (χ2n) is 3.70. The summed E-state index contributed by atoms with van der Waals surface area (Å²) in [4.78, 5) is 10.6. The smallest absolute Gasteiger partial charge is 0.323 e. The van der Waals surface area contributed by atoms with Gasteiger partial charge in [-0.3, -0.25) is 9.52 Å². The van der Waals surface area contributed by atoms with Crippen LogP contribution in [0, 0.1) is 6.92 Å². The fourth-order valence-electron chi connectivity index (χ4n) is 1.12. The lowest BCUT2D eigenvalue weighted by atomic mass is 10.2. The molecule has 1 unspecified atom stereocenters. The number of aryl methyl sites for hydroxylation is 1. The molecule has 1 atom stereocenters. The number of rotatable bonds is 4. The minimum atomic E-state index is -3.96. The Morgan fingerprint density at radius 2 is 2.06 bits per heavy atom. The highest BCUT2D eigenvalue weighted by Crippen LogP contribution is 2.20. The van der Waals surface area contributed by atoms with Gasteiger partial charge in [-0.05, 0) is 31.5 Å². The number of sulfonamides is 1. The Labute approximate surface area is 99.5 Å². The van der Waals surface area contributed by atoms with Crippen molar-refractivity contribution in [2.45, 2.75) is 19.1 Å². The Kier molecular flexibility index (Phi) is 3.62. The molecule has 0 fully saturated rings. The van der Waals surface area contributed by atoms with Crippen LogP contribution in [0.5, 0.6) is 0 Å². The summed E-state index contributed by atoms with van der Waals surface area (Å²) in [6, 6.07) is 4.73. The summed E-state index contributed by atoms with van der Waals surface area (Å²) >= 11 is 0. The van der Waals surface area contributed by atoms with E-state index in [4.69, 9.17) is 10.8 Å². The third-order valence-corrected chi connectivity index (χ3v) is 3.96. The van der Waals surface area contributed by atoms with Crippen molar-refractivity contribution in [3.8, 4) is 0 Å². The van der Waals surface area contributed by atoms with Crippen LogP contribution in [0.15, 0.2) is 18.2 Å². The van der Waals surface area contributed by atoms with E-state index in [2.05, 4.69) is 4.72 Å². The number of nitrogens with two attached hydrogens (primary N) is 1. The number of nitrogens with one attached hydrogen (secondary N) is 1. The molecule has 1 aromatic carbocycles. The zero-order chi connectivity index (χ0) is 13.2. The van der Waals surface area contributed by atoms with Gasteiger partial charge in [-0.25, -0.2) is 8.42 Å². The average Bonchev–Trinajstić information content (AvgIpc) is 2.21. The lowest BCUT2D eigenvalue weighted by Gasteiger charge is -2.13. The Bertz CT molecular complexity index is 539. The monoisotopic (exact) mass is 258 g/mol. The third-order valence-electron chi connectivity index (χ3n) is 2.33. The van der Waals surface area contributed by atoms with Crippen molar-refractivity contribution in [1.82, 2.24) is 0 Å². The van der Waals surface area contributed by atoms with Crippen LogP contribution in [0.2, 0.25) is 0 Å². The molecule has 6 nitrogen and oxygen atoms in total. The van der Waals surface area contributed by atoms with Gasteiger partial charge in [0.15, 0.2) is 5.25 Å². The number of hydrogen-bond acceptors (Lipinski definition) is 4. The van der Waals surface area contributed by atoms with Crippen molar-refractivity contribution in [2.24, 2.45) is 0 Å². The lowest BCUT2D eigenvalue weighted by molar-refractivity contribution is -0.136. The summed E-state index contributed by atoms with van der Waals surface area (Å²) in [5.41, 5.74) is 6.89. The molecule has 4 N–H and O–H groups in total. The Hall–Kier alpha value is -1.76. The van der Waals surface area contributed by atoms with Crippen molar-refractivity contribution in [3.63, 3.8) is 0 Å². The first-order valence-electron chi connectivity index (χ1n) is 4.84. The van der Waals surface area contributed by atoms with E-state index >= 15 is 0 Å². The van der Waals surface area contributed by atoms with Crippen LogP contribution in [0.1, 0.15) is 12.5 Å². The summed E-state index contributed by atoms with van der Waals surface area (Å²) in [6.45, 7) is 2.80. The molecule has 0 aromatic heterocycles. The van der Waals surface area contributed by atoms with E-state index < -0.39 is 21.2 Å². The number of aliphatic carboxylic acids is 1. The van der Waals surface area contributed by atoms with Gasteiger partial charge in [0.25, 0.3) is 0 Å². The quantitative estimate of drug-likeness (QED) is 0.692. The van der Waals surface area contributed by atoms with Gasteiger partial charge in [-0.1, -0.05) is 6.07 Å². The number of nitrogen functional groups attached to an aromatic ring is 1. The van der Waals surface area contributed by atoms with Gasteiger partial charge >= 0.3 is 5.97 Å². The maximum Gasteiger partial charge on any atom is 0.323 e. The first-order chi connectivity index (χ1) is 7.74. The standard InChI is InChI=1S/C10H14N2O4S/c1-6-3-4-8(11)5-9(6)12-17(15,16)7(2)10(13)14/h3-5,7,12H,11H2,1-2H3,(H,13,14). The van der Waals surface area contributed by atoms with Crippen LogP contribution in [0.3, 0.4) is 0 Å². The van der Waals surface area contributed by atoms with Crippen LogP contribution >= 0.6 is 0 Å². The maximum absolute atomic E-state index is 11.7. The summed E-state index contributed by atoms with van der Waals surface area (Å²) in [5, 5.41) is 7.15. The number of carbonyl (C=O) groups is 1. The van der Waals surface area contributed by atoms with Gasteiger partial charge in [-0.2, -0.15) is 0 Å². The molecule has 0 bridgehead atoms. The summed E-state index contributed by atoms with van der Waals surface area (Å²) in [7, 11) is -3.96. The molecular formula is C10H14N2O4S. The third kappa shape index (κ3) is 3.10. The van der Waals surface area contributed by atoms with Crippen molar-refractivity contribution < 1.29 is 18.3 Å². The van der Waals surface area contributed by atoms with Crippen molar-refractivity contribution in [2.75, 3.05) is 10.5 Å². The SMILES string of the molecule is Cc1ccc(N)cc1NS(=O)(=O)C(C)C(=O)O. The van der Waals surface area contributed by atoms with E-state index in [1.807, 2.05) is 0 Å². The van der Waals surface area contributed by atoms with Crippen molar-refractivity contribution >= 4 is 27.4 Å². The van der Waals surface area contributed by atoms with Crippen LogP contribution in [0.25, 0.3) is 0 Å². The fraction of sp³-hybridized carbons (Fsp3) is 0.300. The number of carboxylic acids is 1. The summed E-state index contributed by atoms with van der Waals surface area (Å²) in [5.74, 6) is -1.40.